The molecule has 24 heavy (non-hydrogen) atoms. The highest BCUT2D eigenvalue weighted by atomic mass is 35.5. The largest absolute Gasteiger partial charge is 0.493 e. The van der Waals surface area contributed by atoms with Crippen LogP contribution in [0.1, 0.15) is 5.56 Å². The summed E-state index contributed by atoms with van der Waals surface area (Å²) in [5, 5.41) is 6.03. The van der Waals surface area contributed by atoms with Crippen molar-refractivity contribution >= 4 is 34.9 Å². The molecule has 2 rings (SSSR count). The Bertz CT molecular complexity index is 703. The van der Waals surface area contributed by atoms with Gasteiger partial charge in [-0.25, -0.2) is 4.79 Å². The summed E-state index contributed by atoms with van der Waals surface area (Å²) in [6, 6.07) is 10.2. The number of urea groups is 1. The first-order valence-electron chi connectivity index (χ1n) is 7.27. The van der Waals surface area contributed by atoms with Crippen LogP contribution in [-0.4, -0.2) is 26.3 Å². The number of amides is 2. The van der Waals surface area contributed by atoms with Gasteiger partial charge in [-0.2, -0.15) is 0 Å². The molecule has 2 aromatic carbocycles. The van der Waals surface area contributed by atoms with E-state index in [1.54, 1.807) is 25.3 Å². The van der Waals surface area contributed by atoms with Crippen molar-refractivity contribution in [2.45, 2.75) is 6.92 Å². The van der Waals surface area contributed by atoms with Crippen molar-refractivity contribution in [3.8, 4) is 11.5 Å². The SMILES string of the molecule is COc1cc(C)ccc1OCCNC(=O)Nc1c(Cl)cccc1Cl. The first-order chi connectivity index (χ1) is 11.5. The molecule has 0 saturated heterocycles. The Balaban J connectivity index is 1.81. The Hall–Kier alpha value is -2.11. The minimum Gasteiger partial charge on any atom is -0.493 e. The molecule has 5 nitrogen and oxygen atoms in total. The minimum absolute atomic E-state index is 0.295. The summed E-state index contributed by atoms with van der Waals surface area (Å²) in [6.07, 6.45) is 0. The molecule has 128 valence electrons. The zero-order chi connectivity index (χ0) is 17.5. The molecular formula is C17H18Cl2N2O3. The molecule has 0 aliphatic rings. The maximum atomic E-state index is 11.9. The van der Waals surface area contributed by atoms with Gasteiger partial charge in [0.25, 0.3) is 0 Å². The number of anilines is 1. The van der Waals surface area contributed by atoms with E-state index in [4.69, 9.17) is 32.7 Å². The molecule has 0 atom stereocenters. The molecule has 0 bridgehead atoms. The molecule has 0 saturated carbocycles. The van der Waals surface area contributed by atoms with Crippen LogP contribution in [0.3, 0.4) is 0 Å². The quantitative estimate of drug-likeness (QED) is 0.737. The van der Waals surface area contributed by atoms with Crippen molar-refractivity contribution in [2.24, 2.45) is 0 Å². The molecule has 0 heterocycles. The van der Waals surface area contributed by atoms with Gasteiger partial charge < -0.3 is 20.1 Å². The number of hydrogen-bond donors (Lipinski definition) is 2. The van der Waals surface area contributed by atoms with E-state index in [-0.39, 0.29) is 0 Å². The van der Waals surface area contributed by atoms with Gasteiger partial charge in [0.2, 0.25) is 0 Å². The molecule has 0 radical (unpaired) electrons. The fraction of sp³-hybridized carbons (Fsp3) is 0.235. The van der Waals surface area contributed by atoms with Crippen molar-refractivity contribution in [2.75, 3.05) is 25.6 Å². The van der Waals surface area contributed by atoms with E-state index >= 15 is 0 Å². The van der Waals surface area contributed by atoms with Gasteiger partial charge in [0.15, 0.2) is 11.5 Å². The number of carbonyl (C=O) groups excluding carboxylic acids is 1. The number of benzene rings is 2. The standard InChI is InChI=1S/C17H18Cl2N2O3/c1-11-6-7-14(15(10-11)23-2)24-9-8-20-17(22)21-16-12(18)4-3-5-13(16)19/h3-7,10H,8-9H2,1-2H3,(H2,20,21,22). The fourth-order valence-electron chi connectivity index (χ4n) is 1.99. The first-order valence-corrected chi connectivity index (χ1v) is 8.03. The Labute approximate surface area is 150 Å². The van der Waals surface area contributed by atoms with E-state index in [2.05, 4.69) is 10.6 Å². The number of methoxy groups -OCH3 is 1. The maximum Gasteiger partial charge on any atom is 0.319 e. The smallest absolute Gasteiger partial charge is 0.319 e. The van der Waals surface area contributed by atoms with Gasteiger partial charge in [-0.1, -0.05) is 35.3 Å². The van der Waals surface area contributed by atoms with Crippen molar-refractivity contribution in [3.05, 3.63) is 52.0 Å². The van der Waals surface area contributed by atoms with Crippen LogP contribution in [0, 0.1) is 6.92 Å². The molecule has 0 aliphatic heterocycles. The van der Waals surface area contributed by atoms with Crippen LogP contribution >= 0.6 is 23.2 Å². The van der Waals surface area contributed by atoms with Crippen molar-refractivity contribution in [1.29, 1.82) is 0 Å². The molecule has 2 N–H and O–H groups in total. The lowest BCUT2D eigenvalue weighted by Crippen LogP contribution is -2.32. The summed E-state index contributed by atoms with van der Waals surface area (Å²) < 4.78 is 10.9. The van der Waals surface area contributed by atoms with Gasteiger partial charge in [-0.3, -0.25) is 0 Å². The van der Waals surface area contributed by atoms with Crippen LogP contribution in [0.5, 0.6) is 11.5 Å². The number of hydrogen-bond acceptors (Lipinski definition) is 3. The maximum absolute atomic E-state index is 11.9. The van der Waals surface area contributed by atoms with Gasteiger partial charge in [0.05, 0.1) is 29.4 Å². The predicted octanol–water partition coefficient (Wildman–Crippen LogP) is 4.51. The summed E-state index contributed by atoms with van der Waals surface area (Å²) in [5.41, 5.74) is 1.45. The highest BCUT2D eigenvalue weighted by molar-refractivity contribution is 6.39. The van der Waals surface area contributed by atoms with Gasteiger partial charge in [-0.15, -0.1) is 0 Å². The Morgan fingerprint density at radius 3 is 2.50 bits per heavy atom. The first kappa shape index (κ1) is 18.2. The molecule has 0 aliphatic carbocycles. The monoisotopic (exact) mass is 368 g/mol. The molecule has 0 spiro atoms. The van der Waals surface area contributed by atoms with E-state index in [1.807, 2.05) is 25.1 Å². The number of ether oxygens (including phenoxy) is 2. The van der Waals surface area contributed by atoms with Gasteiger partial charge >= 0.3 is 6.03 Å². The molecule has 0 fully saturated rings. The summed E-state index contributed by atoms with van der Waals surface area (Å²) in [4.78, 5) is 11.9. The van der Waals surface area contributed by atoms with Gasteiger partial charge in [0.1, 0.15) is 6.61 Å². The Morgan fingerprint density at radius 1 is 1.12 bits per heavy atom. The summed E-state index contributed by atoms with van der Waals surface area (Å²) in [7, 11) is 1.58. The van der Waals surface area contributed by atoms with E-state index in [0.29, 0.717) is 40.4 Å². The number of para-hydroxylation sites is 1. The highest BCUT2D eigenvalue weighted by Gasteiger charge is 2.09. The number of nitrogens with one attached hydrogen (secondary N) is 2. The fourth-order valence-corrected chi connectivity index (χ4v) is 2.49. The molecule has 2 aromatic rings. The van der Waals surface area contributed by atoms with Crippen LogP contribution in [0.2, 0.25) is 10.0 Å². The summed E-state index contributed by atoms with van der Waals surface area (Å²) in [5.74, 6) is 1.28. The lowest BCUT2D eigenvalue weighted by Gasteiger charge is -2.13. The minimum atomic E-state index is -0.413. The molecule has 0 aromatic heterocycles. The van der Waals surface area contributed by atoms with E-state index in [9.17, 15) is 4.79 Å². The Kier molecular flexibility index (Phi) is 6.58. The van der Waals surface area contributed by atoms with Crippen LogP contribution in [0.4, 0.5) is 10.5 Å². The zero-order valence-electron chi connectivity index (χ0n) is 13.4. The average Bonchev–Trinajstić information content (AvgIpc) is 2.56. The molecule has 0 unspecified atom stereocenters. The van der Waals surface area contributed by atoms with E-state index in [1.165, 1.54) is 0 Å². The van der Waals surface area contributed by atoms with Crippen LogP contribution in [0.25, 0.3) is 0 Å². The van der Waals surface area contributed by atoms with E-state index in [0.717, 1.165) is 5.56 Å². The number of carbonyl (C=O) groups is 1. The zero-order valence-corrected chi connectivity index (χ0v) is 14.9. The second-order valence-corrected chi connectivity index (χ2v) is 5.79. The second kappa shape index (κ2) is 8.66. The summed E-state index contributed by atoms with van der Waals surface area (Å²) >= 11 is 12.0. The summed E-state index contributed by atoms with van der Waals surface area (Å²) in [6.45, 7) is 2.58. The van der Waals surface area contributed by atoms with Crippen LogP contribution in [0.15, 0.2) is 36.4 Å². The van der Waals surface area contributed by atoms with Crippen molar-refractivity contribution < 1.29 is 14.3 Å². The van der Waals surface area contributed by atoms with Crippen LogP contribution in [-0.2, 0) is 0 Å². The predicted molar refractivity (Wildman–Crippen MR) is 96.7 cm³/mol. The van der Waals surface area contributed by atoms with Gasteiger partial charge in [-0.05, 0) is 36.8 Å². The topological polar surface area (TPSA) is 59.6 Å². The van der Waals surface area contributed by atoms with Crippen molar-refractivity contribution in [1.82, 2.24) is 5.32 Å². The molecule has 7 heteroatoms. The van der Waals surface area contributed by atoms with Crippen molar-refractivity contribution in [3.63, 3.8) is 0 Å². The average molecular weight is 369 g/mol. The lowest BCUT2D eigenvalue weighted by atomic mass is 10.2. The molecule has 2 amide bonds. The molecular weight excluding hydrogens is 351 g/mol. The van der Waals surface area contributed by atoms with E-state index < -0.39 is 6.03 Å². The lowest BCUT2D eigenvalue weighted by molar-refractivity contribution is 0.246. The number of rotatable bonds is 6. The third-order valence-corrected chi connectivity index (χ3v) is 3.80. The second-order valence-electron chi connectivity index (χ2n) is 4.98. The Morgan fingerprint density at radius 2 is 1.83 bits per heavy atom. The third kappa shape index (κ3) is 4.94. The highest BCUT2D eigenvalue weighted by Crippen LogP contribution is 2.29. The number of halogens is 2. The normalized spacial score (nSPS) is 10.2. The number of aryl methyl sites for hydroxylation is 1. The van der Waals surface area contributed by atoms with Gasteiger partial charge in [0, 0.05) is 0 Å². The van der Waals surface area contributed by atoms with Crippen LogP contribution < -0.4 is 20.1 Å². The third-order valence-electron chi connectivity index (χ3n) is 3.17.